The largest absolute Gasteiger partial charge is 0.315 e. The Balaban J connectivity index is 1.71. The van der Waals surface area contributed by atoms with Gasteiger partial charge in [-0.15, -0.1) is 0 Å². The molecule has 0 radical (unpaired) electrons. The number of rotatable bonds is 2. The molecule has 14 heavy (non-hydrogen) atoms. The average Bonchev–Trinajstić information content (AvgIpc) is 2.48. The molecule has 2 fully saturated rings. The van der Waals surface area contributed by atoms with Crippen LogP contribution < -0.4 is 5.32 Å². The predicted molar refractivity (Wildman–Crippen MR) is 64.0 cm³/mol. The summed E-state index contributed by atoms with van der Waals surface area (Å²) in [6, 6.07) is 0. The summed E-state index contributed by atoms with van der Waals surface area (Å²) in [4.78, 5) is 2.66. The predicted octanol–water partition coefficient (Wildman–Crippen LogP) is 1.42. The molecule has 0 bridgehead atoms. The van der Waals surface area contributed by atoms with E-state index in [1.165, 1.54) is 63.5 Å². The van der Waals surface area contributed by atoms with Crippen LogP contribution in [0.4, 0.5) is 0 Å². The van der Waals surface area contributed by atoms with Gasteiger partial charge in [0.2, 0.25) is 0 Å². The van der Waals surface area contributed by atoms with Gasteiger partial charge in [0, 0.05) is 19.6 Å². The van der Waals surface area contributed by atoms with Crippen molar-refractivity contribution in [1.82, 2.24) is 10.2 Å². The van der Waals surface area contributed by atoms with Crippen molar-refractivity contribution in [1.29, 1.82) is 0 Å². The van der Waals surface area contributed by atoms with Gasteiger partial charge in [0.15, 0.2) is 0 Å². The lowest BCUT2D eigenvalue weighted by Crippen LogP contribution is -2.34. The summed E-state index contributed by atoms with van der Waals surface area (Å²) in [5, 5.41) is 3.47. The fourth-order valence-electron chi connectivity index (χ4n) is 2.40. The average molecular weight is 214 g/mol. The summed E-state index contributed by atoms with van der Waals surface area (Å²) in [6.45, 7) is 6.35. The van der Waals surface area contributed by atoms with E-state index in [2.05, 4.69) is 22.0 Å². The molecule has 0 aliphatic carbocycles. The topological polar surface area (TPSA) is 15.3 Å². The van der Waals surface area contributed by atoms with E-state index in [0.29, 0.717) is 0 Å². The molecule has 3 heteroatoms. The van der Waals surface area contributed by atoms with Crippen molar-refractivity contribution in [3.8, 4) is 0 Å². The first-order valence-corrected chi connectivity index (χ1v) is 7.11. The van der Waals surface area contributed by atoms with Crippen molar-refractivity contribution in [2.24, 2.45) is 5.92 Å². The highest BCUT2D eigenvalue weighted by molar-refractivity contribution is 7.99. The molecule has 0 spiro atoms. The lowest BCUT2D eigenvalue weighted by atomic mass is 10.0. The molecule has 1 N–H and O–H groups in total. The van der Waals surface area contributed by atoms with Gasteiger partial charge in [-0.1, -0.05) is 0 Å². The van der Waals surface area contributed by atoms with Crippen molar-refractivity contribution >= 4 is 11.8 Å². The minimum atomic E-state index is 0.979. The molecule has 0 aromatic heterocycles. The van der Waals surface area contributed by atoms with Crippen LogP contribution in [0.25, 0.3) is 0 Å². The third-order valence-electron chi connectivity index (χ3n) is 3.20. The lowest BCUT2D eigenvalue weighted by Gasteiger charge is -2.28. The minimum Gasteiger partial charge on any atom is -0.315 e. The molecule has 0 saturated carbocycles. The Hall–Kier alpha value is 0.270. The summed E-state index contributed by atoms with van der Waals surface area (Å²) in [5.41, 5.74) is 0. The van der Waals surface area contributed by atoms with Crippen LogP contribution in [0.1, 0.15) is 19.3 Å². The Labute approximate surface area is 91.8 Å². The number of hydrogen-bond acceptors (Lipinski definition) is 3. The van der Waals surface area contributed by atoms with Crippen molar-refractivity contribution in [3.05, 3.63) is 0 Å². The maximum Gasteiger partial charge on any atom is 0.0107 e. The van der Waals surface area contributed by atoms with E-state index in [1.54, 1.807) is 0 Å². The second-order valence-corrected chi connectivity index (χ2v) is 5.64. The van der Waals surface area contributed by atoms with Crippen LogP contribution in [-0.2, 0) is 0 Å². The third-order valence-corrected chi connectivity index (χ3v) is 4.49. The Morgan fingerprint density at radius 3 is 3.07 bits per heavy atom. The molecule has 2 heterocycles. The van der Waals surface area contributed by atoms with Gasteiger partial charge in [-0.2, -0.15) is 11.8 Å². The number of hydrogen-bond donors (Lipinski definition) is 1. The van der Waals surface area contributed by atoms with Crippen LogP contribution in [0.15, 0.2) is 0 Å². The quantitative estimate of drug-likeness (QED) is 0.748. The molecule has 0 aromatic rings. The molecule has 2 aliphatic heterocycles. The van der Waals surface area contributed by atoms with Crippen LogP contribution in [0.5, 0.6) is 0 Å². The highest BCUT2D eigenvalue weighted by atomic mass is 32.2. The van der Waals surface area contributed by atoms with Crippen molar-refractivity contribution in [2.75, 3.05) is 44.2 Å². The molecule has 0 aromatic carbocycles. The zero-order chi connectivity index (χ0) is 9.64. The first-order valence-electron chi connectivity index (χ1n) is 5.96. The van der Waals surface area contributed by atoms with Gasteiger partial charge in [0.1, 0.15) is 0 Å². The summed E-state index contributed by atoms with van der Waals surface area (Å²) in [7, 11) is 0. The summed E-state index contributed by atoms with van der Waals surface area (Å²) in [6.07, 6.45) is 4.25. The summed E-state index contributed by atoms with van der Waals surface area (Å²) in [5.74, 6) is 3.79. The monoisotopic (exact) mass is 214 g/mol. The Bertz CT molecular complexity index is 149. The van der Waals surface area contributed by atoms with E-state index >= 15 is 0 Å². The fraction of sp³-hybridized carbons (Fsp3) is 1.00. The SMILES string of the molecule is C1CSCC(CN2CCCNCC2)C1. The van der Waals surface area contributed by atoms with Crippen LogP contribution in [0.2, 0.25) is 0 Å². The molecule has 2 aliphatic rings. The lowest BCUT2D eigenvalue weighted by molar-refractivity contribution is 0.246. The summed E-state index contributed by atoms with van der Waals surface area (Å²) >= 11 is 2.15. The second-order valence-electron chi connectivity index (χ2n) is 4.49. The molecule has 82 valence electrons. The molecular formula is C11H22N2S. The zero-order valence-corrected chi connectivity index (χ0v) is 9.82. The van der Waals surface area contributed by atoms with Gasteiger partial charge in [-0.05, 0) is 49.8 Å². The van der Waals surface area contributed by atoms with Gasteiger partial charge < -0.3 is 10.2 Å². The highest BCUT2D eigenvalue weighted by Crippen LogP contribution is 2.23. The van der Waals surface area contributed by atoms with Crippen LogP contribution >= 0.6 is 11.8 Å². The normalized spacial score (nSPS) is 31.3. The number of nitrogens with one attached hydrogen (secondary N) is 1. The van der Waals surface area contributed by atoms with Gasteiger partial charge in [-0.25, -0.2) is 0 Å². The van der Waals surface area contributed by atoms with Gasteiger partial charge in [-0.3, -0.25) is 0 Å². The molecule has 2 rings (SSSR count). The van der Waals surface area contributed by atoms with E-state index in [9.17, 15) is 0 Å². The number of nitrogens with zero attached hydrogens (tertiary/aromatic N) is 1. The van der Waals surface area contributed by atoms with E-state index in [4.69, 9.17) is 0 Å². The Kier molecular flexibility index (Phi) is 4.61. The standard InChI is InChI=1S/C11H22N2S/c1-3-11(10-14-8-1)9-13-6-2-4-12-5-7-13/h11-12H,1-10H2. The summed E-state index contributed by atoms with van der Waals surface area (Å²) < 4.78 is 0. The highest BCUT2D eigenvalue weighted by Gasteiger charge is 2.17. The molecular weight excluding hydrogens is 192 g/mol. The Morgan fingerprint density at radius 1 is 1.21 bits per heavy atom. The van der Waals surface area contributed by atoms with E-state index in [0.717, 1.165) is 5.92 Å². The Morgan fingerprint density at radius 2 is 2.21 bits per heavy atom. The zero-order valence-electron chi connectivity index (χ0n) is 9.00. The fourth-order valence-corrected chi connectivity index (χ4v) is 3.54. The van der Waals surface area contributed by atoms with Crippen LogP contribution in [-0.4, -0.2) is 49.1 Å². The van der Waals surface area contributed by atoms with Crippen LogP contribution in [0.3, 0.4) is 0 Å². The van der Waals surface area contributed by atoms with E-state index in [1.807, 2.05) is 0 Å². The minimum absolute atomic E-state index is 0.979. The van der Waals surface area contributed by atoms with Crippen molar-refractivity contribution in [2.45, 2.75) is 19.3 Å². The first-order chi connectivity index (χ1) is 6.95. The smallest absolute Gasteiger partial charge is 0.0107 e. The van der Waals surface area contributed by atoms with Gasteiger partial charge in [0.05, 0.1) is 0 Å². The van der Waals surface area contributed by atoms with Crippen LogP contribution in [0, 0.1) is 5.92 Å². The molecule has 2 nitrogen and oxygen atoms in total. The van der Waals surface area contributed by atoms with E-state index < -0.39 is 0 Å². The third kappa shape index (κ3) is 3.44. The maximum absolute atomic E-state index is 3.47. The molecule has 0 amide bonds. The molecule has 2 saturated heterocycles. The number of thioether (sulfide) groups is 1. The molecule has 1 unspecified atom stereocenters. The van der Waals surface area contributed by atoms with Gasteiger partial charge >= 0.3 is 0 Å². The second kappa shape index (κ2) is 5.99. The van der Waals surface area contributed by atoms with Crippen molar-refractivity contribution < 1.29 is 0 Å². The maximum atomic E-state index is 3.47. The molecule has 1 atom stereocenters. The van der Waals surface area contributed by atoms with Gasteiger partial charge in [0.25, 0.3) is 0 Å². The van der Waals surface area contributed by atoms with Crippen molar-refractivity contribution in [3.63, 3.8) is 0 Å². The van der Waals surface area contributed by atoms with E-state index in [-0.39, 0.29) is 0 Å². The first kappa shape index (κ1) is 10.8.